The summed E-state index contributed by atoms with van der Waals surface area (Å²) in [6.45, 7) is 4.39. The fourth-order valence-corrected chi connectivity index (χ4v) is 9.75. The van der Waals surface area contributed by atoms with E-state index in [4.69, 9.17) is 9.47 Å². The van der Waals surface area contributed by atoms with Crippen LogP contribution in [0.4, 0.5) is 0 Å². The van der Waals surface area contributed by atoms with Gasteiger partial charge in [-0.25, -0.2) is 0 Å². The molecule has 0 aliphatic carbocycles. The van der Waals surface area contributed by atoms with E-state index < -0.39 is 10.8 Å². The SMILES string of the molecule is CC1(c2ccc(C3(C)c4c(ccc5ccc(O)cc45)Oc4ccc5ccc(O)cc5c43)cc2)c2c(ccc3ccc(O)cc23)Oc2ccc3ccc(O)cc3c21. The van der Waals surface area contributed by atoms with Gasteiger partial charge in [0.25, 0.3) is 0 Å². The van der Waals surface area contributed by atoms with Crippen molar-refractivity contribution < 1.29 is 29.9 Å². The number of hydrogen-bond acceptors (Lipinski definition) is 6. The number of benzene rings is 9. The fraction of sp³-hybridized carbons (Fsp3) is 0.0800. The highest BCUT2D eigenvalue weighted by molar-refractivity contribution is 5.99. The summed E-state index contributed by atoms with van der Waals surface area (Å²) >= 11 is 0. The van der Waals surface area contributed by atoms with E-state index in [0.29, 0.717) is 23.0 Å². The maximum Gasteiger partial charge on any atom is 0.132 e. The van der Waals surface area contributed by atoms with Crippen LogP contribution in [0, 0.1) is 0 Å². The standard InChI is InChI=1S/C50H34O6/c1-49(45-37-23-33(51)15-3-27(37)7-19-41(45)55-42-20-8-28-4-16-34(52)24-38(28)46(42)49)31-11-13-32(14-12-31)50(2)47-39-25-35(53)17-5-29(39)9-21-43(47)56-44-22-10-30-6-18-36(54)26-40(30)48(44)50/h3-26,51-54H,1-2H3. The Kier molecular flexibility index (Phi) is 6.44. The largest absolute Gasteiger partial charge is 0.508 e. The summed E-state index contributed by atoms with van der Waals surface area (Å²) in [6.07, 6.45) is 0. The van der Waals surface area contributed by atoms with Crippen molar-refractivity contribution in [1.82, 2.24) is 0 Å². The van der Waals surface area contributed by atoms with Crippen LogP contribution in [0.15, 0.2) is 146 Å². The Morgan fingerprint density at radius 2 is 0.554 bits per heavy atom. The molecule has 0 bridgehead atoms. The van der Waals surface area contributed by atoms with Gasteiger partial charge < -0.3 is 29.9 Å². The predicted octanol–water partition coefficient (Wildman–Crippen LogP) is 12.0. The summed E-state index contributed by atoms with van der Waals surface area (Å²) < 4.78 is 13.4. The van der Waals surface area contributed by atoms with Crippen LogP contribution >= 0.6 is 0 Å². The Hall–Kier alpha value is -7.18. The van der Waals surface area contributed by atoms with E-state index in [1.807, 2.05) is 72.8 Å². The molecular weight excluding hydrogens is 697 g/mol. The van der Waals surface area contributed by atoms with Gasteiger partial charge in [-0.1, -0.05) is 72.8 Å². The van der Waals surface area contributed by atoms with Crippen LogP contribution in [0.3, 0.4) is 0 Å². The van der Waals surface area contributed by atoms with Crippen molar-refractivity contribution in [3.8, 4) is 46.0 Å². The quantitative estimate of drug-likeness (QED) is 0.141. The van der Waals surface area contributed by atoms with Crippen LogP contribution in [-0.2, 0) is 10.8 Å². The molecule has 0 amide bonds. The highest BCUT2D eigenvalue weighted by Crippen LogP contribution is 2.59. The summed E-state index contributed by atoms with van der Waals surface area (Å²) in [5.41, 5.74) is 4.00. The van der Waals surface area contributed by atoms with Crippen LogP contribution < -0.4 is 9.47 Å². The predicted molar refractivity (Wildman–Crippen MR) is 220 cm³/mol. The van der Waals surface area contributed by atoms with Crippen molar-refractivity contribution in [2.45, 2.75) is 24.7 Å². The minimum atomic E-state index is -0.814. The van der Waals surface area contributed by atoms with Gasteiger partial charge in [0, 0.05) is 22.3 Å². The van der Waals surface area contributed by atoms with Crippen molar-refractivity contribution in [3.63, 3.8) is 0 Å². The third-order valence-corrected chi connectivity index (χ3v) is 12.3. The topological polar surface area (TPSA) is 99.4 Å². The molecule has 0 radical (unpaired) electrons. The highest BCUT2D eigenvalue weighted by Gasteiger charge is 2.45. The lowest BCUT2D eigenvalue weighted by atomic mass is 9.64. The monoisotopic (exact) mass is 730 g/mol. The number of rotatable bonds is 2. The van der Waals surface area contributed by atoms with Gasteiger partial charge in [0.2, 0.25) is 0 Å². The molecule has 0 aromatic heterocycles. The van der Waals surface area contributed by atoms with E-state index in [-0.39, 0.29) is 23.0 Å². The van der Waals surface area contributed by atoms with Gasteiger partial charge in [0.1, 0.15) is 46.0 Å². The molecule has 9 aromatic carbocycles. The first-order chi connectivity index (χ1) is 27.1. The molecule has 56 heavy (non-hydrogen) atoms. The van der Waals surface area contributed by atoms with Gasteiger partial charge in [-0.3, -0.25) is 0 Å². The van der Waals surface area contributed by atoms with Crippen LogP contribution in [0.2, 0.25) is 0 Å². The zero-order valence-corrected chi connectivity index (χ0v) is 30.5. The molecule has 2 aliphatic heterocycles. The van der Waals surface area contributed by atoms with E-state index in [0.717, 1.165) is 76.5 Å². The first kappa shape index (κ1) is 32.3. The Morgan fingerprint density at radius 3 is 0.804 bits per heavy atom. The molecule has 0 saturated heterocycles. The van der Waals surface area contributed by atoms with Crippen molar-refractivity contribution in [2.24, 2.45) is 0 Å². The van der Waals surface area contributed by atoms with Crippen molar-refractivity contribution in [3.05, 3.63) is 179 Å². The number of fused-ring (bicyclic) bond motifs is 12. The Balaban J connectivity index is 1.21. The molecule has 4 N–H and O–H groups in total. The fourth-order valence-electron chi connectivity index (χ4n) is 9.75. The normalized spacial score (nSPS) is 14.8. The number of phenolic OH excluding ortho intramolecular Hbond substituents is 4. The summed E-state index contributed by atoms with van der Waals surface area (Å²) in [7, 11) is 0. The van der Waals surface area contributed by atoms with E-state index in [2.05, 4.69) is 38.1 Å². The van der Waals surface area contributed by atoms with Crippen LogP contribution in [0.5, 0.6) is 46.0 Å². The molecule has 2 aliphatic rings. The summed E-state index contributed by atoms with van der Waals surface area (Å²) in [6, 6.07) is 46.4. The second kappa shape index (κ2) is 11.2. The molecule has 0 atom stereocenters. The maximum absolute atomic E-state index is 10.8. The minimum absolute atomic E-state index is 0.159. The minimum Gasteiger partial charge on any atom is -0.508 e. The zero-order chi connectivity index (χ0) is 38.1. The first-order valence-electron chi connectivity index (χ1n) is 18.6. The average Bonchev–Trinajstić information content (AvgIpc) is 3.20. The van der Waals surface area contributed by atoms with Gasteiger partial charge in [0.05, 0.1) is 10.8 Å². The van der Waals surface area contributed by atoms with Crippen LogP contribution in [0.1, 0.15) is 47.2 Å². The third kappa shape index (κ3) is 4.32. The van der Waals surface area contributed by atoms with Crippen molar-refractivity contribution >= 4 is 43.1 Å². The summed E-state index contributed by atoms with van der Waals surface area (Å²) in [5.74, 6) is 3.41. The van der Waals surface area contributed by atoms with E-state index >= 15 is 0 Å². The molecule has 6 heteroatoms. The molecule has 0 spiro atoms. The molecule has 0 saturated carbocycles. The van der Waals surface area contributed by atoms with Crippen molar-refractivity contribution in [2.75, 3.05) is 0 Å². The second-order valence-corrected chi connectivity index (χ2v) is 15.4. The Labute approximate surface area is 321 Å². The molecule has 270 valence electrons. The van der Waals surface area contributed by atoms with Crippen LogP contribution in [-0.4, -0.2) is 20.4 Å². The van der Waals surface area contributed by atoms with Crippen molar-refractivity contribution in [1.29, 1.82) is 0 Å². The number of aromatic hydroxyl groups is 4. The average molecular weight is 731 g/mol. The number of phenols is 4. The highest BCUT2D eigenvalue weighted by atomic mass is 16.5. The Bertz CT molecular complexity index is 2770. The number of hydrogen-bond donors (Lipinski definition) is 4. The van der Waals surface area contributed by atoms with Gasteiger partial charge >= 0.3 is 0 Å². The molecule has 0 fully saturated rings. The lowest BCUT2D eigenvalue weighted by Crippen LogP contribution is -2.32. The van der Waals surface area contributed by atoms with Gasteiger partial charge in [-0.15, -0.1) is 0 Å². The lowest BCUT2D eigenvalue weighted by Gasteiger charge is -2.41. The summed E-state index contributed by atoms with van der Waals surface area (Å²) in [5, 5.41) is 50.6. The van der Waals surface area contributed by atoms with Gasteiger partial charge in [-0.2, -0.15) is 0 Å². The van der Waals surface area contributed by atoms with E-state index in [1.54, 1.807) is 48.5 Å². The van der Waals surface area contributed by atoms with Crippen LogP contribution in [0.25, 0.3) is 43.1 Å². The molecule has 11 rings (SSSR count). The molecule has 0 unspecified atom stereocenters. The molecule has 9 aromatic rings. The second-order valence-electron chi connectivity index (χ2n) is 15.4. The third-order valence-electron chi connectivity index (χ3n) is 12.3. The smallest absolute Gasteiger partial charge is 0.132 e. The molecule has 6 nitrogen and oxygen atoms in total. The van der Waals surface area contributed by atoms with Gasteiger partial charge in [-0.05, 0) is 141 Å². The van der Waals surface area contributed by atoms with E-state index in [1.165, 1.54) is 0 Å². The summed E-state index contributed by atoms with van der Waals surface area (Å²) in [4.78, 5) is 0. The first-order valence-corrected chi connectivity index (χ1v) is 18.6. The molecular formula is C50H34O6. The van der Waals surface area contributed by atoms with E-state index in [9.17, 15) is 20.4 Å². The zero-order valence-electron chi connectivity index (χ0n) is 30.5. The molecule has 2 heterocycles. The maximum atomic E-state index is 10.8. The Morgan fingerprint density at radius 1 is 0.321 bits per heavy atom. The lowest BCUT2D eigenvalue weighted by molar-refractivity contribution is 0.429. The number of ether oxygens (including phenoxy) is 2. The van der Waals surface area contributed by atoms with Gasteiger partial charge in [0.15, 0.2) is 0 Å².